The van der Waals surface area contributed by atoms with E-state index in [1.807, 2.05) is 4.83 Å². The first kappa shape index (κ1) is 17.0. The van der Waals surface area contributed by atoms with Crippen LogP contribution in [0, 0.1) is 0 Å². The fraction of sp³-hybridized carbons (Fsp3) is 0.133. The molecule has 1 N–H and O–H groups in total. The van der Waals surface area contributed by atoms with Crippen molar-refractivity contribution in [3.05, 3.63) is 65.7 Å². The number of hydrazone groups is 1. The molecule has 0 unspecified atom stereocenters. The second-order valence-electron chi connectivity index (χ2n) is 4.65. The summed E-state index contributed by atoms with van der Waals surface area (Å²) in [4.78, 5) is 0.982. The first-order valence-electron chi connectivity index (χ1n) is 6.49. The number of alkyl halides is 3. The first-order chi connectivity index (χ1) is 10.7. The van der Waals surface area contributed by atoms with Gasteiger partial charge in [0.15, 0.2) is 0 Å². The number of hydrogen-bond acceptors (Lipinski definition) is 3. The third-order valence-electron chi connectivity index (χ3n) is 3.01. The Morgan fingerprint density at radius 1 is 1.00 bits per heavy atom. The summed E-state index contributed by atoms with van der Waals surface area (Å²) in [5.41, 5.74) is -0.252. The van der Waals surface area contributed by atoms with Crippen LogP contribution in [-0.2, 0) is 16.2 Å². The van der Waals surface area contributed by atoms with Crippen molar-refractivity contribution in [3.8, 4) is 0 Å². The molecule has 2 aromatic carbocycles. The summed E-state index contributed by atoms with van der Waals surface area (Å²) < 4.78 is 63.0. The molecule has 0 heterocycles. The molecule has 4 nitrogen and oxygen atoms in total. The predicted molar refractivity (Wildman–Crippen MR) is 80.4 cm³/mol. The minimum Gasteiger partial charge on any atom is -0.200 e. The first-order valence-corrected chi connectivity index (χ1v) is 7.98. The van der Waals surface area contributed by atoms with Gasteiger partial charge in [-0.25, -0.2) is 0 Å². The summed E-state index contributed by atoms with van der Waals surface area (Å²) in [5, 5.41) is 3.68. The van der Waals surface area contributed by atoms with Crippen molar-refractivity contribution in [2.24, 2.45) is 5.10 Å². The summed E-state index contributed by atoms with van der Waals surface area (Å²) >= 11 is 0. The summed E-state index contributed by atoms with van der Waals surface area (Å²) in [5.74, 6) is 0. The Morgan fingerprint density at radius 2 is 1.57 bits per heavy atom. The molecule has 23 heavy (non-hydrogen) atoms. The van der Waals surface area contributed by atoms with Crippen LogP contribution in [-0.4, -0.2) is 14.1 Å². The molecule has 0 aliphatic heterocycles. The fourth-order valence-corrected chi connectivity index (χ4v) is 2.94. The molecule has 0 saturated heterocycles. The van der Waals surface area contributed by atoms with Crippen LogP contribution in [0.5, 0.6) is 0 Å². The topological polar surface area (TPSA) is 58.5 Å². The molecule has 0 radical (unpaired) electrons. The molecule has 0 fully saturated rings. The van der Waals surface area contributed by atoms with Crippen molar-refractivity contribution in [3.63, 3.8) is 0 Å². The Bertz CT molecular complexity index is 816. The van der Waals surface area contributed by atoms with Gasteiger partial charge in [0.25, 0.3) is 10.0 Å². The minimum atomic E-state index is -4.77. The summed E-state index contributed by atoms with van der Waals surface area (Å²) in [7, 11) is -4.43. The number of sulfonamides is 1. The summed E-state index contributed by atoms with van der Waals surface area (Å²) in [6, 6.07) is 12.6. The SMILES string of the molecule is C/C(=N\NS(=O)(=O)c1ccccc1C(F)(F)F)c1ccccc1. The molecule has 2 rings (SSSR count). The zero-order chi connectivity index (χ0) is 17.1. The van der Waals surface area contributed by atoms with E-state index in [9.17, 15) is 21.6 Å². The van der Waals surface area contributed by atoms with Crippen LogP contribution in [0.15, 0.2) is 64.6 Å². The van der Waals surface area contributed by atoms with Crippen LogP contribution in [0.3, 0.4) is 0 Å². The van der Waals surface area contributed by atoms with E-state index in [1.54, 1.807) is 37.3 Å². The van der Waals surface area contributed by atoms with E-state index in [0.29, 0.717) is 17.3 Å². The molecule has 0 atom stereocenters. The third-order valence-corrected chi connectivity index (χ3v) is 4.27. The van der Waals surface area contributed by atoms with Crippen LogP contribution in [0.25, 0.3) is 0 Å². The molecule has 0 bridgehead atoms. The van der Waals surface area contributed by atoms with Gasteiger partial charge >= 0.3 is 6.18 Å². The standard InChI is InChI=1S/C15H13F3N2O2S/c1-11(12-7-3-2-4-8-12)19-20-23(21,22)14-10-6-5-9-13(14)15(16,17)18/h2-10,20H,1H3/b19-11+. The number of hydrogen-bond donors (Lipinski definition) is 1. The molecule has 8 heteroatoms. The van der Waals surface area contributed by atoms with Gasteiger partial charge in [0.1, 0.15) is 4.90 Å². The Hall–Kier alpha value is -2.35. The highest BCUT2D eigenvalue weighted by Gasteiger charge is 2.36. The zero-order valence-electron chi connectivity index (χ0n) is 12.0. The average molecular weight is 342 g/mol. The van der Waals surface area contributed by atoms with E-state index in [2.05, 4.69) is 5.10 Å². The maximum absolute atomic E-state index is 12.9. The number of nitrogens with zero attached hydrogens (tertiary/aromatic N) is 1. The van der Waals surface area contributed by atoms with E-state index >= 15 is 0 Å². The monoisotopic (exact) mass is 342 g/mol. The van der Waals surface area contributed by atoms with Crippen molar-refractivity contribution < 1.29 is 21.6 Å². The smallest absolute Gasteiger partial charge is 0.200 e. The third kappa shape index (κ3) is 4.10. The van der Waals surface area contributed by atoms with Crippen LogP contribution >= 0.6 is 0 Å². The van der Waals surface area contributed by atoms with Gasteiger partial charge in [-0.3, -0.25) is 0 Å². The van der Waals surface area contributed by atoms with E-state index in [1.165, 1.54) is 6.07 Å². The highest BCUT2D eigenvalue weighted by molar-refractivity contribution is 7.89. The van der Waals surface area contributed by atoms with Crippen molar-refractivity contribution in [1.82, 2.24) is 4.83 Å². The average Bonchev–Trinajstić information content (AvgIpc) is 2.53. The number of rotatable bonds is 4. The lowest BCUT2D eigenvalue weighted by atomic mass is 10.1. The highest BCUT2D eigenvalue weighted by Crippen LogP contribution is 2.33. The highest BCUT2D eigenvalue weighted by atomic mass is 32.2. The Balaban J connectivity index is 2.34. The summed E-state index contributed by atoms with van der Waals surface area (Å²) in [6.07, 6.45) is -4.77. The number of halogens is 3. The van der Waals surface area contributed by atoms with Gasteiger partial charge in [0.05, 0.1) is 11.3 Å². The lowest BCUT2D eigenvalue weighted by Gasteiger charge is -2.12. The van der Waals surface area contributed by atoms with Crippen molar-refractivity contribution in [1.29, 1.82) is 0 Å². The van der Waals surface area contributed by atoms with Crippen molar-refractivity contribution in [2.75, 3.05) is 0 Å². The molecule has 0 aromatic heterocycles. The van der Waals surface area contributed by atoms with Crippen LogP contribution in [0.1, 0.15) is 18.1 Å². The Morgan fingerprint density at radius 3 is 2.17 bits per heavy atom. The quantitative estimate of drug-likeness (QED) is 0.684. The Labute approximate surface area is 131 Å². The van der Waals surface area contributed by atoms with E-state index in [4.69, 9.17) is 0 Å². The maximum atomic E-state index is 12.9. The van der Waals surface area contributed by atoms with Gasteiger partial charge in [-0.2, -0.15) is 31.5 Å². The molecule has 0 aliphatic carbocycles. The molecule has 0 aliphatic rings. The van der Waals surface area contributed by atoms with E-state index in [0.717, 1.165) is 12.1 Å². The number of nitrogens with one attached hydrogen (secondary N) is 1. The van der Waals surface area contributed by atoms with Gasteiger partial charge < -0.3 is 0 Å². The molecule has 0 amide bonds. The van der Waals surface area contributed by atoms with E-state index in [-0.39, 0.29) is 0 Å². The molecular weight excluding hydrogens is 329 g/mol. The minimum absolute atomic E-state index is 0.332. The predicted octanol–water partition coefficient (Wildman–Crippen LogP) is 3.41. The molecular formula is C15H13F3N2O2S. The largest absolute Gasteiger partial charge is 0.417 e. The van der Waals surface area contributed by atoms with E-state index < -0.39 is 26.7 Å². The lowest BCUT2D eigenvalue weighted by Crippen LogP contribution is -2.23. The Kier molecular flexibility index (Phi) is 4.74. The zero-order valence-corrected chi connectivity index (χ0v) is 12.8. The van der Waals surface area contributed by atoms with Crippen LogP contribution in [0.2, 0.25) is 0 Å². The molecule has 2 aromatic rings. The summed E-state index contributed by atoms with van der Waals surface area (Å²) in [6.45, 7) is 1.55. The van der Waals surface area contributed by atoms with Crippen LogP contribution in [0.4, 0.5) is 13.2 Å². The van der Waals surface area contributed by atoms with Crippen molar-refractivity contribution in [2.45, 2.75) is 18.0 Å². The molecule has 122 valence electrons. The van der Waals surface area contributed by atoms with Crippen LogP contribution < -0.4 is 4.83 Å². The van der Waals surface area contributed by atoms with Gasteiger partial charge in [0, 0.05) is 0 Å². The molecule has 0 saturated carbocycles. The second kappa shape index (κ2) is 6.41. The number of benzene rings is 2. The van der Waals surface area contributed by atoms with Gasteiger partial charge in [0.2, 0.25) is 0 Å². The van der Waals surface area contributed by atoms with Gasteiger partial charge in [-0.15, -0.1) is 0 Å². The van der Waals surface area contributed by atoms with Crippen molar-refractivity contribution >= 4 is 15.7 Å². The molecule has 0 spiro atoms. The van der Waals surface area contributed by atoms with Gasteiger partial charge in [-0.05, 0) is 24.6 Å². The normalized spacial score (nSPS) is 13.0. The fourth-order valence-electron chi connectivity index (χ4n) is 1.86. The maximum Gasteiger partial charge on any atom is 0.417 e. The second-order valence-corrected chi connectivity index (χ2v) is 6.28. The lowest BCUT2D eigenvalue weighted by molar-refractivity contribution is -0.139. The van der Waals surface area contributed by atoms with Gasteiger partial charge in [-0.1, -0.05) is 42.5 Å².